The van der Waals surface area contributed by atoms with Crippen LogP contribution >= 0.6 is 0 Å². The molecule has 18 heavy (non-hydrogen) atoms. The smallest absolute Gasteiger partial charge is 0.0399 e. The van der Waals surface area contributed by atoms with Crippen LogP contribution in [0.4, 0.5) is 5.69 Å². The average Bonchev–Trinajstić information content (AvgIpc) is 2.32. The number of hydrogen-bond acceptors (Lipinski definition) is 3. The Morgan fingerprint density at radius 3 is 2.83 bits per heavy atom. The van der Waals surface area contributed by atoms with Crippen molar-refractivity contribution in [2.45, 2.75) is 19.9 Å². The quantitative estimate of drug-likeness (QED) is 0.876. The molecule has 1 aliphatic heterocycles. The predicted molar refractivity (Wildman–Crippen MR) is 78.5 cm³/mol. The van der Waals surface area contributed by atoms with Crippen molar-refractivity contribution >= 4 is 5.69 Å². The van der Waals surface area contributed by atoms with E-state index >= 15 is 0 Å². The number of hydrogen-bond donors (Lipinski definition) is 1. The molecule has 1 N–H and O–H groups in total. The van der Waals surface area contributed by atoms with E-state index in [0.29, 0.717) is 6.04 Å². The summed E-state index contributed by atoms with van der Waals surface area (Å²) in [6.45, 7) is 8.75. The summed E-state index contributed by atoms with van der Waals surface area (Å²) >= 11 is 0. The highest BCUT2D eigenvalue weighted by atomic mass is 15.2. The minimum absolute atomic E-state index is 0.564. The fraction of sp³-hybridized carbons (Fsp3) is 0.600. The van der Waals surface area contributed by atoms with E-state index in [4.69, 9.17) is 0 Å². The fourth-order valence-electron chi connectivity index (χ4n) is 2.67. The first-order chi connectivity index (χ1) is 8.56. The van der Waals surface area contributed by atoms with E-state index in [0.717, 1.165) is 26.2 Å². The van der Waals surface area contributed by atoms with Gasteiger partial charge in [-0.1, -0.05) is 12.1 Å². The summed E-state index contributed by atoms with van der Waals surface area (Å²) in [5, 5.41) is 3.60. The molecule has 1 atom stereocenters. The van der Waals surface area contributed by atoms with Gasteiger partial charge in [0.05, 0.1) is 0 Å². The fourth-order valence-corrected chi connectivity index (χ4v) is 2.67. The summed E-state index contributed by atoms with van der Waals surface area (Å²) in [4.78, 5) is 4.78. The van der Waals surface area contributed by atoms with Crippen LogP contribution in [0.3, 0.4) is 0 Å². The van der Waals surface area contributed by atoms with Crippen LogP contribution in [0, 0.1) is 13.8 Å². The van der Waals surface area contributed by atoms with E-state index in [1.807, 2.05) is 0 Å². The van der Waals surface area contributed by atoms with E-state index in [-0.39, 0.29) is 0 Å². The zero-order valence-corrected chi connectivity index (χ0v) is 12.0. The molecule has 1 saturated heterocycles. The molecule has 0 bridgehead atoms. The van der Waals surface area contributed by atoms with Crippen molar-refractivity contribution in [2.24, 2.45) is 0 Å². The molecule has 2 rings (SSSR count). The van der Waals surface area contributed by atoms with Crippen molar-refractivity contribution in [1.82, 2.24) is 10.2 Å². The molecule has 1 aliphatic rings. The predicted octanol–water partition coefficient (Wildman–Crippen LogP) is 1.64. The number of aryl methyl sites for hydroxylation is 2. The van der Waals surface area contributed by atoms with E-state index in [1.54, 1.807) is 0 Å². The molecule has 0 aromatic heterocycles. The molecule has 1 heterocycles. The molecule has 3 nitrogen and oxygen atoms in total. The number of piperazine rings is 1. The zero-order valence-electron chi connectivity index (χ0n) is 12.0. The third-order valence-electron chi connectivity index (χ3n) is 3.55. The largest absolute Gasteiger partial charge is 0.368 e. The van der Waals surface area contributed by atoms with Crippen molar-refractivity contribution in [3.8, 4) is 0 Å². The van der Waals surface area contributed by atoms with Crippen LogP contribution in [-0.2, 0) is 0 Å². The van der Waals surface area contributed by atoms with Gasteiger partial charge in [0, 0.05) is 37.9 Å². The summed E-state index contributed by atoms with van der Waals surface area (Å²) in [5.74, 6) is 0. The molecule has 1 aromatic rings. The molecule has 0 spiro atoms. The van der Waals surface area contributed by atoms with Gasteiger partial charge in [0.1, 0.15) is 0 Å². The molecule has 100 valence electrons. The van der Waals surface area contributed by atoms with Gasteiger partial charge in [-0.2, -0.15) is 0 Å². The number of nitrogens with one attached hydrogen (secondary N) is 1. The van der Waals surface area contributed by atoms with Crippen LogP contribution in [0.25, 0.3) is 0 Å². The van der Waals surface area contributed by atoms with Crippen LogP contribution in [0.5, 0.6) is 0 Å². The van der Waals surface area contributed by atoms with E-state index in [9.17, 15) is 0 Å². The molecule has 0 amide bonds. The third kappa shape index (κ3) is 3.24. The summed E-state index contributed by atoms with van der Waals surface area (Å²) in [6.07, 6.45) is 0. The number of benzene rings is 1. The van der Waals surface area contributed by atoms with Gasteiger partial charge < -0.3 is 15.1 Å². The lowest BCUT2D eigenvalue weighted by molar-refractivity contribution is 0.323. The number of rotatable bonds is 3. The second-order valence-corrected chi connectivity index (χ2v) is 5.65. The third-order valence-corrected chi connectivity index (χ3v) is 3.55. The Morgan fingerprint density at radius 2 is 2.11 bits per heavy atom. The standard InChI is InChI=1S/C15H25N3/c1-12-5-6-13(2)15(9-12)18-8-7-16-14(11-18)10-17(3)4/h5-6,9,14,16H,7-8,10-11H2,1-4H3. The van der Waals surface area contributed by atoms with Crippen LogP contribution in [-0.4, -0.2) is 51.2 Å². The molecule has 0 saturated carbocycles. The summed E-state index contributed by atoms with van der Waals surface area (Å²) in [7, 11) is 4.27. The van der Waals surface area contributed by atoms with Gasteiger partial charge in [0.2, 0.25) is 0 Å². The number of likely N-dealkylation sites (N-methyl/N-ethyl adjacent to an activating group) is 1. The number of nitrogens with zero attached hydrogens (tertiary/aromatic N) is 2. The van der Waals surface area contributed by atoms with Crippen LogP contribution < -0.4 is 10.2 Å². The van der Waals surface area contributed by atoms with E-state index < -0.39 is 0 Å². The Balaban J connectivity index is 2.10. The Hall–Kier alpha value is -1.06. The first-order valence-electron chi connectivity index (χ1n) is 6.76. The van der Waals surface area contributed by atoms with Gasteiger partial charge >= 0.3 is 0 Å². The molecule has 1 unspecified atom stereocenters. The van der Waals surface area contributed by atoms with Crippen LogP contribution in [0.15, 0.2) is 18.2 Å². The van der Waals surface area contributed by atoms with Crippen LogP contribution in [0.2, 0.25) is 0 Å². The highest BCUT2D eigenvalue weighted by Crippen LogP contribution is 2.22. The first-order valence-corrected chi connectivity index (χ1v) is 6.76. The molecule has 1 aromatic carbocycles. The summed E-state index contributed by atoms with van der Waals surface area (Å²) < 4.78 is 0. The Kier molecular flexibility index (Phi) is 4.25. The van der Waals surface area contributed by atoms with Gasteiger partial charge in [-0.25, -0.2) is 0 Å². The lowest BCUT2D eigenvalue weighted by Gasteiger charge is -2.37. The van der Waals surface area contributed by atoms with Crippen LogP contribution in [0.1, 0.15) is 11.1 Å². The maximum absolute atomic E-state index is 3.60. The van der Waals surface area contributed by atoms with Crippen molar-refractivity contribution in [2.75, 3.05) is 45.2 Å². The van der Waals surface area contributed by atoms with Crippen molar-refractivity contribution < 1.29 is 0 Å². The molecular formula is C15H25N3. The normalized spacial score (nSPS) is 20.5. The Bertz CT molecular complexity index is 401. The van der Waals surface area contributed by atoms with E-state index in [2.05, 4.69) is 61.3 Å². The minimum atomic E-state index is 0.564. The Morgan fingerprint density at radius 1 is 1.33 bits per heavy atom. The SMILES string of the molecule is Cc1ccc(C)c(N2CCNC(CN(C)C)C2)c1. The molecule has 1 fully saturated rings. The van der Waals surface area contributed by atoms with E-state index in [1.165, 1.54) is 16.8 Å². The van der Waals surface area contributed by atoms with Crippen molar-refractivity contribution in [3.05, 3.63) is 29.3 Å². The maximum atomic E-state index is 3.60. The van der Waals surface area contributed by atoms with Gasteiger partial charge in [-0.05, 0) is 45.1 Å². The van der Waals surface area contributed by atoms with Crippen molar-refractivity contribution in [3.63, 3.8) is 0 Å². The molecular weight excluding hydrogens is 222 g/mol. The minimum Gasteiger partial charge on any atom is -0.368 e. The second kappa shape index (κ2) is 5.72. The second-order valence-electron chi connectivity index (χ2n) is 5.65. The average molecular weight is 247 g/mol. The molecule has 0 radical (unpaired) electrons. The maximum Gasteiger partial charge on any atom is 0.0399 e. The number of anilines is 1. The zero-order chi connectivity index (χ0) is 13.1. The monoisotopic (exact) mass is 247 g/mol. The lowest BCUT2D eigenvalue weighted by Crippen LogP contribution is -2.54. The summed E-state index contributed by atoms with van der Waals surface area (Å²) in [5.41, 5.74) is 4.13. The highest BCUT2D eigenvalue weighted by molar-refractivity contribution is 5.55. The topological polar surface area (TPSA) is 18.5 Å². The first kappa shape index (κ1) is 13.4. The lowest BCUT2D eigenvalue weighted by atomic mass is 10.1. The summed E-state index contributed by atoms with van der Waals surface area (Å²) in [6, 6.07) is 7.30. The van der Waals surface area contributed by atoms with Gasteiger partial charge in [-0.3, -0.25) is 0 Å². The highest BCUT2D eigenvalue weighted by Gasteiger charge is 2.20. The molecule has 0 aliphatic carbocycles. The van der Waals surface area contributed by atoms with Gasteiger partial charge in [-0.15, -0.1) is 0 Å². The van der Waals surface area contributed by atoms with Gasteiger partial charge in [0.25, 0.3) is 0 Å². The van der Waals surface area contributed by atoms with Gasteiger partial charge in [0.15, 0.2) is 0 Å². The molecule has 3 heteroatoms. The Labute approximate surface area is 111 Å². The van der Waals surface area contributed by atoms with Crippen molar-refractivity contribution in [1.29, 1.82) is 0 Å².